The molecule has 19 heavy (non-hydrogen) atoms. The smallest absolute Gasteiger partial charge is 0.0323 e. The Labute approximate surface area is 115 Å². The molecule has 0 bridgehead atoms. The third-order valence-electron chi connectivity index (χ3n) is 3.52. The first kappa shape index (κ1) is 13.8. The number of benzene rings is 1. The molecular weight excluding hydrogens is 232 g/mol. The minimum Gasteiger partial charge on any atom is -0.303 e. The van der Waals surface area contributed by atoms with Crippen LogP contribution in [0, 0.1) is 6.92 Å². The molecule has 100 valence electrons. The Kier molecular flexibility index (Phi) is 4.69. The second kappa shape index (κ2) is 6.48. The summed E-state index contributed by atoms with van der Waals surface area (Å²) in [5.41, 5.74) is 3.89. The van der Waals surface area contributed by atoms with Gasteiger partial charge in [0, 0.05) is 24.5 Å². The molecule has 0 spiro atoms. The van der Waals surface area contributed by atoms with Crippen LogP contribution in [0.1, 0.15) is 49.0 Å². The highest BCUT2D eigenvalue weighted by Crippen LogP contribution is 2.22. The molecule has 0 radical (unpaired) electrons. The minimum absolute atomic E-state index is 0.306. The molecule has 1 aromatic heterocycles. The van der Waals surface area contributed by atoms with Crippen LogP contribution >= 0.6 is 0 Å². The van der Waals surface area contributed by atoms with Crippen molar-refractivity contribution in [2.75, 3.05) is 0 Å². The lowest BCUT2D eigenvalue weighted by Crippen LogP contribution is -2.24. The van der Waals surface area contributed by atoms with Crippen LogP contribution < -0.4 is 5.32 Å². The van der Waals surface area contributed by atoms with Crippen molar-refractivity contribution in [3.63, 3.8) is 0 Å². The fraction of sp³-hybridized carbons (Fsp3) is 0.353. The van der Waals surface area contributed by atoms with Crippen molar-refractivity contribution >= 4 is 0 Å². The lowest BCUT2D eigenvalue weighted by Gasteiger charge is -2.23. The van der Waals surface area contributed by atoms with Crippen LogP contribution in [0.25, 0.3) is 0 Å². The maximum absolute atomic E-state index is 4.18. The topological polar surface area (TPSA) is 24.9 Å². The van der Waals surface area contributed by atoms with Gasteiger partial charge in [-0.05, 0) is 37.5 Å². The van der Waals surface area contributed by atoms with E-state index in [1.54, 1.807) is 0 Å². The summed E-state index contributed by atoms with van der Waals surface area (Å²) in [6.07, 6.45) is 4.82. The molecule has 1 aromatic carbocycles. The van der Waals surface area contributed by atoms with Crippen molar-refractivity contribution in [2.24, 2.45) is 0 Å². The molecule has 2 nitrogen and oxygen atoms in total. The first-order valence-corrected chi connectivity index (χ1v) is 6.93. The van der Waals surface area contributed by atoms with Crippen LogP contribution in [0.3, 0.4) is 0 Å². The van der Waals surface area contributed by atoms with Crippen molar-refractivity contribution < 1.29 is 0 Å². The van der Waals surface area contributed by atoms with E-state index in [2.05, 4.69) is 61.4 Å². The summed E-state index contributed by atoms with van der Waals surface area (Å²) in [7, 11) is 0. The second-order valence-corrected chi connectivity index (χ2v) is 5.05. The summed E-state index contributed by atoms with van der Waals surface area (Å²) < 4.78 is 0. The molecule has 2 heteroatoms. The molecule has 2 unspecified atom stereocenters. The van der Waals surface area contributed by atoms with Crippen LogP contribution in [-0.4, -0.2) is 4.98 Å². The van der Waals surface area contributed by atoms with Gasteiger partial charge in [-0.3, -0.25) is 4.98 Å². The summed E-state index contributed by atoms with van der Waals surface area (Å²) in [5, 5.41) is 3.68. The minimum atomic E-state index is 0.306. The Hall–Kier alpha value is -1.67. The fourth-order valence-electron chi connectivity index (χ4n) is 2.28. The SMILES string of the molecule is CCC(NC(C)c1cccnc1)c1ccc(C)cc1. The molecule has 0 saturated heterocycles. The summed E-state index contributed by atoms with van der Waals surface area (Å²) in [6.45, 7) is 6.53. The van der Waals surface area contributed by atoms with Gasteiger partial charge in [0.05, 0.1) is 0 Å². The Morgan fingerprint density at radius 3 is 2.42 bits per heavy atom. The molecule has 2 aromatic rings. The van der Waals surface area contributed by atoms with Gasteiger partial charge < -0.3 is 5.32 Å². The molecule has 2 rings (SSSR count). The molecule has 0 fully saturated rings. The van der Waals surface area contributed by atoms with Crippen LogP contribution in [0.2, 0.25) is 0 Å². The third kappa shape index (κ3) is 3.65. The van der Waals surface area contributed by atoms with E-state index in [0.717, 1.165) is 6.42 Å². The third-order valence-corrected chi connectivity index (χ3v) is 3.52. The van der Waals surface area contributed by atoms with Gasteiger partial charge in [0.1, 0.15) is 0 Å². The Balaban J connectivity index is 2.09. The molecule has 0 aliphatic rings. The zero-order valence-electron chi connectivity index (χ0n) is 11.9. The number of aromatic nitrogens is 1. The van der Waals surface area contributed by atoms with Gasteiger partial charge in [0.15, 0.2) is 0 Å². The highest BCUT2D eigenvalue weighted by Gasteiger charge is 2.13. The number of hydrogen-bond acceptors (Lipinski definition) is 2. The molecule has 0 aliphatic heterocycles. The predicted molar refractivity (Wildman–Crippen MR) is 80.0 cm³/mol. The van der Waals surface area contributed by atoms with Crippen LogP contribution in [-0.2, 0) is 0 Å². The van der Waals surface area contributed by atoms with Crippen molar-refractivity contribution in [1.29, 1.82) is 0 Å². The molecular formula is C17H22N2. The Morgan fingerprint density at radius 2 is 1.84 bits per heavy atom. The number of hydrogen-bond donors (Lipinski definition) is 1. The largest absolute Gasteiger partial charge is 0.303 e. The summed E-state index contributed by atoms with van der Waals surface area (Å²) >= 11 is 0. The van der Waals surface area contributed by atoms with E-state index in [1.807, 2.05) is 18.5 Å². The van der Waals surface area contributed by atoms with E-state index < -0.39 is 0 Å². The molecule has 2 atom stereocenters. The highest BCUT2D eigenvalue weighted by molar-refractivity contribution is 5.24. The zero-order chi connectivity index (χ0) is 13.7. The maximum atomic E-state index is 4.18. The standard InChI is InChI=1S/C17H22N2/c1-4-17(15-9-7-13(2)8-10-15)19-14(3)16-6-5-11-18-12-16/h5-12,14,17,19H,4H2,1-3H3. The van der Waals surface area contributed by atoms with Gasteiger partial charge in [-0.2, -0.15) is 0 Å². The van der Waals surface area contributed by atoms with Crippen molar-refractivity contribution in [3.8, 4) is 0 Å². The summed E-state index contributed by atoms with van der Waals surface area (Å²) in [6, 6.07) is 13.6. The van der Waals surface area contributed by atoms with Crippen LogP contribution in [0.4, 0.5) is 0 Å². The van der Waals surface area contributed by atoms with Gasteiger partial charge in [0.2, 0.25) is 0 Å². The normalized spacial score (nSPS) is 14.1. The van der Waals surface area contributed by atoms with Gasteiger partial charge in [0.25, 0.3) is 0 Å². The second-order valence-electron chi connectivity index (χ2n) is 5.05. The summed E-state index contributed by atoms with van der Waals surface area (Å²) in [5.74, 6) is 0. The first-order chi connectivity index (χ1) is 9.20. The fourth-order valence-corrected chi connectivity index (χ4v) is 2.28. The van der Waals surface area contributed by atoms with Crippen molar-refractivity contribution in [3.05, 3.63) is 65.5 Å². The van der Waals surface area contributed by atoms with E-state index in [-0.39, 0.29) is 0 Å². The molecule has 0 amide bonds. The highest BCUT2D eigenvalue weighted by atomic mass is 14.9. The van der Waals surface area contributed by atoms with Gasteiger partial charge in [-0.25, -0.2) is 0 Å². The lowest BCUT2D eigenvalue weighted by atomic mass is 10.0. The summed E-state index contributed by atoms with van der Waals surface area (Å²) in [4.78, 5) is 4.18. The van der Waals surface area contributed by atoms with Gasteiger partial charge in [-0.15, -0.1) is 0 Å². The maximum Gasteiger partial charge on any atom is 0.0323 e. The van der Waals surface area contributed by atoms with Crippen LogP contribution in [0.15, 0.2) is 48.8 Å². The van der Waals surface area contributed by atoms with Crippen LogP contribution in [0.5, 0.6) is 0 Å². The number of pyridine rings is 1. The monoisotopic (exact) mass is 254 g/mol. The first-order valence-electron chi connectivity index (χ1n) is 6.93. The van der Waals surface area contributed by atoms with E-state index in [1.165, 1.54) is 16.7 Å². The number of rotatable bonds is 5. The van der Waals surface area contributed by atoms with E-state index in [4.69, 9.17) is 0 Å². The molecule has 0 saturated carbocycles. The number of nitrogens with zero attached hydrogens (tertiary/aromatic N) is 1. The van der Waals surface area contributed by atoms with Crippen molar-refractivity contribution in [2.45, 2.75) is 39.3 Å². The van der Waals surface area contributed by atoms with E-state index in [9.17, 15) is 0 Å². The Bertz CT molecular complexity index is 490. The molecule has 1 heterocycles. The average molecular weight is 254 g/mol. The lowest BCUT2D eigenvalue weighted by molar-refractivity contribution is 0.455. The molecule has 0 aliphatic carbocycles. The van der Waals surface area contributed by atoms with Gasteiger partial charge >= 0.3 is 0 Å². The Morgan fingerprint density at radius 1 is 1.11 bits per heavy atom. The quantitative estimate of drug-likeness (QED) is 0.865. The number of nitrogens with one attached hydrogen (secondary N) is 1. The number of aryl methyl sites for hydroxylation is 1. The average Bonchev–Trinajstić information content (AvgIpc) is 2.46. The zero-order valence-corrected chi connectivity index (χ0v) is 11.9. The van der Waals surface area contributed by atoms with E-state index in [0.29, 0.717) is 12.1 Å². The van der Waals surface area contributed by atoms with Crippen molar-refractivity contribution in [1.82, 2.24) is 10.3 Å². The van der Waals surface area contributed by atoms with Gasteiger partial charge in [-0.1, -0.05) is 42.8 Å². The van der Waals surface area contributed by atoms with E-state index >= 15 is 0 Å². The molecule has 1 N–H and O–H groups in total. The predicted octanol–water partition coefficient (Wildman–Crippen LogP) is 4.19.